The Bertz CT molecular complexity index is 155. The Morgan fingerprint density at radius 2 is 1.75 bits per heavy atom. The van der Waals surface area contributed by atoms with Gasteiger partial charge in [-0.1, -0.05) is 52.9 Å². The van der Waals surface area contributed by atoms with Gasteiger partial charge in [0.15, 0.2) is 0 Å². The van der Waals surface area contributed by atoms with Crippen molar-refractivity contribution >= 4 is 0 Å². The fraction of sp³-hybridized carbons (Fsp3) is 1.00. The summed E-state index contributed by atoms with van der Waals surface area (Å²) in [6.07, 6.45) is 7.63. The normalized spacial score (nSPS) is 15.4. The molecule has 2 nitrogen and oxygen atoms in total. The molecule has 0 heterocycles. The maximum Gasteiger partial charge on any atom is 0.0275 e. The molecule has 0 bridgehead atoms. The number of nitrogens with one attached hydrogen (secondary N) is 1. The average molecular weight is 228 g/mol. The third-order valence-electron chi connectivity index (χ3n) is 3.75. The molecule has 0 aromatic carbocycles. The molecule has 0 aromatic heterocycles. The van der Waals surface area contributed by atoms with Crippen molar-refractivity contribution in [1.29, 1.82) is 0 Å². The zero-order chi connectivity index (χ0) is 12.4. The van der Waals surface area contributed by atoms with Crippen molar-refractivity contribution in [3.8, 4) is 0 Å². The highest BCUT2D eigenvalue weighted by Crippen LogP contribution is 2.15. The standard InChI is InChI=1S/C14H32N2/c1-5-8-9-10-14(4,12-15)16-11-13(6-2)7-3/h13,16H,5-12,15H2,1-4H3. The van der Waals surface area contributed by atoms with E-state index in [4.69, 9.17) is 5.73 Å². The van der Waals surface area contributed by atoms with E-state index in [2.05, 4.69) is 33.0 Å². The number of hydrogen-bond donors (Lipinski definition) is 2. The van der Waals surface area contributed by atoms with E-state index >= 15 is 0 Å². The van der Waals surface area contributed by atoms with Crippen molar-refractivity contribution in [1.82, 2.24) is 5.32 Å². The van der Waals surface area contributed by atoms with Crippen LogP contribution < -0.4 is 11.1 Å². The van der Waals surface area contributed by atoms with Crippen LogP contribution >= 0.6 is 0 Å². The van der Waals surface area contributed by atoms with Crippen molar-refractivity contribution in [2.75, 3.05) is 13.1 Å². The summed E-state index contributed by atoms with van der Waals surface area (Å²) >= 11 is 0. The molecule has 0 aliphatic heterocycles. The largest absolute Gasteiger partial charge is 0.329 e. The maximum absolute atomic E-state index is 5.90. The van der Waals surface area contributed by atoms with Crippen LogP contribution in [0.2, 0.25) is 0 Å². The molecule has 0 spiro atoms. The number of rotatable bonds is 10. The number of unbranched alkanes of at least 4 members (excludes halogenated alkanes) is 2. The lowest BCUT2D eigenvalue weighted by Crippen LogP contribution is -2.50. The molecule has 0 aliphatic carbocycles. The van der Waals surface area contributed by atoms with Crippen molar-refractivity contribution in [3.63, 3.8) is 0 Å². The summed E-state index contributed by atoms with van der Waals surface area (Å²) in [6, 6.07) is 0. The highest BCUT2D eigenvalue weighted by molar-refractivity contribution is 4.84. The molecule has 0 aliphatic rings. The molecule has 0 fully saturated rings. The first-order chi connectivity index (χ1) is 7.61. The van der Waals surface area contributed by atoms with Gasteiger partial charge in [0.2, 0.25) is 0 Å². The molecule has 1 atom stereocenters. The topological polar surface area (TPSA) is 38.0 Å². The first-order valence-electron chi connectivity index (χ1n) is 7.06. The van der Waals surface area contributed by atoms with Crippen LogP contribution in [-0.4, -0.2) is 18.6 Å². The molecular weight excluding hydrogens is 196 g/mol. The second-order valence-corrected chi connectivity index (χ2v) is 5.29. The second kappa shape index (κ2) is 9.00. The van der Waals surface area contributed by atoms with Crippen LogP contribution in [0, 0.1) is 5.92 Å². The first kappa shape index (κ1) is 15.9. The Hall–Kier alpha value is -0.0800. The van der Waals surface area contributed by atoms with Crippen LogP contribution in [0.3, 0.4) is 0 Å². The maximum atomic E-state index is 5.90. The van der Waals surface area contributed by atoms with Gasteiger partial charge < -0.3 is 11.1 Å². The molecule has 0 radical (unpaired) electrons. The Morgan fingerprint density at radius 1 is 1.12 bits per heavy atom. The van der Waals surface area contributed by atoms with Crippen LogP contribution in [0.5, 0.6) is 0 Å². The third kappa shape index (κ3) is 6.49. The van der Waals surface area contributed by atoms with Gasteiger partial charge in [-0.2, -0.15) is 0 Å². The fourth-order valence-electron chi connectivity index (χ4n) is 2.00. The Balaban J connectivity index is 3.94. The van der Waals surface area contributed by atoms with E-state index < -0.39 is 0 Å². The van der Waals surface area contributed by atoms with Crippen LogP contribution in [0.4, 0.5) is 0 Å². The summed E-state index contributed by atoms with van der Waals surface area (Å²) in [5, 5.41) is 3.68. The monoisotopic (exact) mass is 228 g/mol. The van der Waals surface area contributed by atoms with Gasteiger partial charge in [-0.15, -0.1) is 0 Å². The predicted octanol–water partition coefficient (Wildman–Crippen LogP) is 3.31. The first-order valence-corrected chi connectivity index (χ1v) is 7.06. The lowest BCUT2D eigenvalue weighted by Gasteiger charge is -2.31. The van der Waals surface area contributed by atoms with Gasteiger partial charge in [-0.3, -0.25) is 0 Å². The van der Waals surface area contributed by atoms with Gasteiger partial charge in [-0.05, 0) is 25.8 Å². The molecule has 1 unspecified atom stereocenters. The van der Waals surface area contributed by atoms with E-state index in [0.717, 1.165) is 19.0 Å². The molecule has 3 N–H and O–H groups in total. The minimum Gasteiger partial charge on any atom is -0.329 e. The summed E-state index contributed by atoms with van der Waals surface area (Å²) in [5.41, 5.74) is 6.05. The van der Waals surface area contributed by atoms with E-state index in [9.17, 15) is 0 Å². The summed E-state index contributed by atoms with van der Waals surface area (Å²) < 4.78 is 0. The van der Waals surface area contributed by atoms with Crippen LogP contribution in [0.15, 0.2) is 0 Å². The van der Waals surface area contributed by atoms with Crippen molar-refractivity contribution < 1.29 is 0 Å². The molecule has 98 valence electrons. The smallest absolute Gasteiger partial charge is 0.0275 e. The van der Waals surface area contributed by atoms with E-state index in [1.165, 1.54) is 38.5 Å². The van der Waals surface area contributed by atoms with Gasteiger partial charge in [0.05, 0.1) is 0 Å². The summed E-state index contributed by atoms with van der Waals surface area (Å²) in [5.74, 6) is 0.803. The molecule has 2 heteroatoms. The zero-order valence-electron chi connectivity index (χ0n) is 11.8. The summed E-state index contributed by atoms with van der Waals surface area (Å²) in [4.78, 5) is 0. The van der Waals surface area contributed by atoms with Gasteiger partial charge in [0, 0.05) is 12.1 Å². The molecule has 16 heavy (non-hydrogen) atoms. The van der Waals surface area contributed by atoms with E-state index in [-0.39, 0.29) is 5.54 Å². The molecule has 0 rings (SSSR count). The third-order valence-corrected chi connectivity index (χ3v) is 3.75. The molecule has 0 saturated carbocycles. The van der Waals surface area contributed by atoms with E-state index in [1.807, 2.05) is 0 Å². The quantitative estimate of drug-likeness (QED) is 0.563. The molecular formula is C14H32N2. The van der Waals surface area contributed by atoms with E-state index in [1.54, 1.807) is 0 Å². The van der Waals surface area contributed by atoms with Crippen molar-refractivity contribution in [2.24, 2.45) is 11.7 Å². The molecule has 0 amide bonds. The van der Waals surface area contributed by atoms with Crippen molar-refractivity contribution in [3.05, 3.63) is 0 Å². The Kier molecular flexibility index (Phi) is 8.96. The van der Waals surface area contributed by atoms with Gasteiger partial charge in [-0.25, -0.2) is 0 Å². The number of hydrogen-bond acceptors (Lipinski definition) is 2. The zero-order valence-corrected chi connectivity index (χ0v) is 11.8. The minimum absolute atomic E-state index is 0.151. The molecule has 0 saturated heterocycles. The summed E-state index contributed by atoms with van der Waals surface area (Å²) in [7, 11) is 0. The van der Waals surface area contributed by atoms with Crippen molar-refractivity contribution in [2.45, 2.75) is 71.8 Å². The minimum atomic E-state index is 0.151. The highest BCUT2D eigenvalue weighted by atomic mass is 15.0. The summed E-state index contributed by atoms with van der Waals surface area (Å²) in [6.45, 7) is 10.9. The average Bonchev–Trinajstić information content (AvgIpc) is 2.31. The Labute approximate surface area is 102 Å². The van der Waals surface area contributed by atoms with Gasteiger partial charge in [0.25, 0.3) is 0 Å². The van der Waals surface area contributed by atoms with Crippen LogP contribution in [0.25, 0.3) is 0 Å². The van der Waals surface area contributed by atoms with Gasteiger partial charge >= 0.3 is 0 Å². The SMILES string of the molecule is CCCCCC(C)(CN)NCC(CC)CC. The fourth-order valence-corrected chi connectivity index (χ4v) is 2.00. The van der Waals surface area contributed by atoms with Gasteiger partial charge in [0.1, 0.15) is 0 Å². The van der Waals surface area contributed by atoms with E-state index in [0.29, 0.717) is 0 Å². The predicted molar refractivity (Wildman–Crippen MR) is 73.7 cm³/mol. The Morgan fingerprint density at radius 3 is 2.19 bits per heavy atom. The number of nitrogens with two attached hydrogens (primary N) is 1. The molecule has 0 aromatic rings. The van der Waals surface area contributed by atoms with Crippen LogP contribution in [0.1, 0.15) is 66.2 Å². The lowest BCUT2D eigenvalue weighted by atomic mass is 9.93. The highest BCUT2D eigenvalue weighted by Gasteiger charge is 2.21. The second-order valence-electron chi connectivity index (χ2n) is 5.29. The van der Waals surface area contributed by atoms with Crippen LogP contribution in [-0.2, 0) is 0 Å². The lowest BCUT2D eigenvalue weighted by molar-refractivity contribution is 0.296.